The fourth-order valence-corrected chi connectivity index (χ4v) is 5.76. The molecule has 2 saturated heterocycles. The molecule has 35 heavy (non-hydrogen) atoms. The molecule has 2 atom stereocenters. The van der Waals surface area contributed by atoms with Gasteiger partial charge in [-0.05, 0) is 55.9 Å². The van der Waals surface area contributed by atoms with Crippen LogP contribution in [0.2, 0.25) is 0 Å². The molecule has 2 unspecified atom stereocenters. The van der Waals surface area contributed by atoms with E-state index in [0.717, 1.165) is 61.2 Å². The van der Waals surface area contributed by atoms with E-state index in [1.165, 1.54) is 0 Å². The molecule has 2 fully saturated rings. The Morgan fingerprint density at radius 1 is 1.14 bits per heavy atom. The lowest BCUT2D eigenvalue weighted by Crippen LogP contribution is -2.46. The minimum absolute atomic E-state index is 0.0588. The second-order valence-electron chi connectivity index (χ2n) is 9.44. The van der Waals surface area contributed by atoms with E-state index < -0.39 is 18.2 Å². The summed E-state index contributed by atoms with van der Waals surface area (Å²) in [7, 11) is 0. The minimum atomic E-state index is -5.08. The van der Waals surface area contributed by atoms with E-state index in [1.807, 2.05) is 18.7 Å². The first-order valence-electron chi connectivity index (χ1n) is 11.7. The number of hydrogen-bond acceptors (Lipinski definition) is 7. The van der Waals surface area contributed by atoms with E-state index in [0.29, 0.717) is 18.9 Å². The summed E-state index contributed by atoms with van der Waals surface area (Å²) in [4.78, 5) is 35.1. The zero-order valence-corrected chi connectivity index (χ0v) is 20.6. The van der Waals surface area contributed by atoms with Crippen LogP contribution in [0.15, 0.2) is 17.8 Å². The Balaban J connectivity index is 0.000000429. The highest BCUT2D eigenvalue weighted by molar-refractivity contribution is 7.17. The van der Waals surface area contributed by atoms with Crippen molar-refractivity contribution in [1.82, 2.24) is 14.9 Å². The quantitative estimate of drug-likeness (QED) is 0.631. The van der Waals surface area contributed by atoms with Crippen molar-refractivity contribution in [2.24, 2.45) is 5.92 Å². The van der Waals surface area contributed by atoms with Gasteiger partial charge in [-0.1, -0.05) is 13.8 Å². The van der Waals surface area contributed by atoms with Crippen molar-refractivity contribution in [1.29, 1.82) is 0 Å². The number of anilines is 1. The van der Waals surface area contributed by atoms with Crippen LogP contribution in [0.3, 0.4) is 0 Å². The van der Waals surface area contributed by atoms with Crippen LogP contribution in [0.4, 0.5) is 19.0 Å². The van der Waals surface area contributed by atoms with Crippen molar-refractivity contribution in [3.63, 3.8) is 0 Å². The Morgan fingerprint density at radius 3 is 2.43 bits per heavy atom. The maximum absolute atomic E-state index is 12.7. The van der Waals surface area contributed by atoms with Crippen LogP contribution in [0.5, 0.6) is 0 Å². The van der Waals surface area contributed by atoms with Crippen LogP contribution in [-0.4, -0.2) is 74.4 Å². The monoisotopic (exact) mass is 516 g/mol. The summed E-state index contributed by atoms with van der Waals surface area (Å²) in [6.07, 6.45) is 1.50. The van der Waals surface area contributed by atoms with Crippen LogP contribution in [0, 0.1) is 5.92 Å². The highest BCUT2D eigenvalue weighted by Gasteiger charge is 2.44. The fourth-order valence-electron chi connectivity index (χ4n) is 4.91. The van der Waals surface area contributed by atoms with Crippen LogP contribution in [-0.2, 0) is 9.59 Å². The van der Waals surface area contributed by atoms with Gasteiger partial charge < -0.3 is 20.0 Å². The lowest BCUT2D eigenvalue weighted by Gasteiger charge is -2.39. The molecule has 2 N–H and O–H groups in total. The lowest BCUT2D eigenvalue weighted by molar-refractivity contribution is -0.192. The third-order valence-electron chi connectivity index (χ3n) is 6.53. The van der Waals surface area contributed by atoms with Gasteiger partial charge in [0.25, 0.3) is 5.91 Å². The molecule has 194 valence electrons. The average molecular weight is 517 g/mol. The standard InChI is InChI=1S/C21H30N4O2S.C2HF3O2/c1-15(2)13-17(26)20(27)24-9-3-6-21(8-11-24)7-4-10-25(21)19-18-16(5-12-28-18)22-14-23-19;3-2(4,5)1(6)7/h5,12,14-15,17,26H,3-4,6-11,13H2,1-2H3;(H,6,7). The number of carboxylic acids is 1. The van der Waals surface area contributed by atoms with Gasteiger partial charge in [-0.25, -0.2) is 14.8 Å². The minimum Gasteiger partial charge on any atom is -0.475 e. The zero-order chi connectivity index (χ0) is 25.8. The van der Waals surface area contributed by atoms with Gasteiger partial charge in [0, 0.05) is 25.2 Å². The van der Waals surface area contributed by atoms with Crippen molar-refractivity contribution < 1.29 is 33.0 Å². The number of carboxylic acid groups (broad SMARTS) is 1. The van der Waals surface area contributed by atoms with Gasteiger partial charge in [-0.3, -0.25) is 4.79 Å². The number of rotatable bonds is 4. The van der Waals surface area contributed by atoms with Gasteiger partial charge in [0.05, 0.1) is 10.2 Å². The Labute approximate surface area is 205 Å². The summed E-state index contributed by atoms with van der Waals surface area (Å²) < 4.78 is 32.9. The molecule has 2 aromatic heterocycles. The third kappa shape index (κ3) is 6.40. The number of aromatic nitrogens is 2. The summed E-state index contributed by atoms with van der Waals surface area (Å²) in [6, 6.07) is 2.05. The largest absolute Gasteiger partial charge is 0.490 e. The second kappa shape index (κ2) is 11.1. The van der Waals surface area contributed by atoms with E-state index in [4.69, 9.17) is 9.90 Å². The number of thiophene rings is 1. The van der Waals surface area contributed by atoms with E-state index in [9.17, 15) is 23.1 Å². The van der Waals surface area contributed by atoms with Crippen LogP contribution in [0.25, 0.3) is 10.2 Å². The molecule has 0 aliphatic carbocycles. The normalized spacial score (nSPS) is 21.7. The molecular weight excluding hydrogens is 485 g/mol. The molecule has 0 saturated carbocycles. The predicted octanol–water partition coefficient (Wildman–Crippen LogP) is 4.08. The molecule has 1 amide bonds. The number of aliphatic hydroxyl groups excluding tert-OH is 1. The Hall–Kier alpha value is -2.47. The first-order valence-corrected chi connectivity index (χ1v) is 12.6. The molecule has 0 radical (unpaired) electrons. The molecule has 0 bridgehead atoms. The van der Waals surface area contributed by atoms with Crippen molar-refractivity contribution in [2.75, 3.05) is 24.5 Å². The lowest BCUT2D eigenvalue weighted by atomic mass is 9.87. The number of amides is 1. The van der Waals surface area contributed by atoms with E-state index in [1.54, 1.807) is 17.7 Å². The smallest absolute Gasteiger partial charge is 0.475 e. The predicted molar refractivity (Wildman–Crippen MR) is 126 cm³/mol. The van der Waals surface area contributed by atoms with E-state index >= 15 is 0 Å². The molecule has 1 spiro atoms. The summed E-state index contributed by atoms with van der Waals surface area (Å²) in [5, 5.41) is 19.5. The first-order chi connectivity index (χ1) is 16.4. The summed E-state index contributed by atoms with van der Waals surface area (Å²) in [6.45, 7) is 6.54. The van der Waals surface area contributed by atoms with Gasteiger partial charge in [0.15, 0.2) is 0 Å². The summed E-state index contributed by atoms with van der Waals surface area (Å²) in [5.41, 5.74) is 1.07. The molecule has 2 aromatic rings. The number of halogens is 3. The van der Waals surface area contributed by atoms with E-state index in [2.05, 4.69) is 26.3 Å². The number of hydrogen-bond donors (Lipinski definition) is 2. The number of alkyl halides is 3. The number of aliphatic carboxylic acids is 1. The molecule has 12 heteroatoms. The van der Waals surface area contributed by atoms with Crippen molar-refractivity contribution in [2.45, 2.75) is 70.2 Å². The van der Waals surface area contributed by atoms with Gasteiger partial charge in [-0.15, -0.1) is 11.3 Å². The first kappa shape index (κ1) is 27.1. The highest BCUT2D eigenvalue weighted by Crippen LogP contribution is 2.43. The van der Waals surface area contributed by atoms with Crippen molar-refractivity contribution in [3.05, 3.63) is 17.8 Å². The highest BCUT2D eigenvalue weighted by atomic mass is 32.1. The van der Waals surface area contributed by atoms with E-state index in [-0.39, 0.29) is 11.4 Å². The van der Waals surface area contributed by atoms with Crippen molar-refractivity contribution in [3.8, 4) is 0 Å². The molecule has 0 aromatic carbocycles. The number of carbonyl (C=O) groups is 2. The Morgan fingerprint density at radius 2 is 1.80 bits per heavy atom. The molecule has 8 nitrogen and oxygen atoms in total. The number of nitrogens with zero attached hydrogens (tertiary/aromatic N) is 4. The van der Waals surface area contributed by atoms with Gasteiger partial charge >= 0.3 is 12.1 Å². The van der Waals surface area contributed by atoms with Gasteiger partial charge in [0.1, 0.15) is 18.2 Å². The maximum Gasteiger partial charge on any atom is 0.490 e. The SMILES string of the molecule is CC(C)CC(O)C(=O)N1CCCC2(CCCN2c2ncnc3ccsc23)CC1.O=C(O)C(F)(F)F. The number of aliphatic hydroxyl groups is 1. The molecule has 4 rings (SSSR count). The Kier molecular flexibility index (Phi) is 8.58. The average Bonchev–Trinajstić information content (AvgIpc) is 3.36. The molecular formula is C23H31F3N4O4S. The summed E-state index contributed by atoms with van der Waals surface area (Å²) >= 11 is 1.70. The number of fused-ring (bicyclic) bond motifs is 1. The number of carbonyl (C=O) groups excluding carboxylic acids is 1. The van der Waals surface area contributed by atoms with Gasteiger partial charge in [-0.2, -0.15) is 13.2 Å². The molecule has 2 aliphatic heterocycles. The number of likely N-dealkylation sites (tertiary alicyclic amines) is 1. The third-order valence-corrected chi connectivity index (χ3v) is 7.43. The molecule has 4 heterocycles. The Bertz CT molecular complexity index is 1030. The van der Waals surface area contributed by atoms with Crippen LogP contribution >= 0.6 is 11.3 Å². The zero-order valence-electron chi connectivity index (χ0n) is 19.8. The van der Waals surface area contributed by atoms with Crippen LogP contribution in [0.1, 0.15) is 52.4 Å². The van der Waals surface area contributed by atoms with Gasteiger partial charge in [0.2, 0.25) is 0 Å². The topological polar surface area (TPSA) is 107 Å². The maximum atomic E-state index is 12.7. The fraction of sp³-hybridized carbons (Fsp3) is 0.652. The van der Waals surface area contributed by atoms with Crippen LogP contribution < -0.4 is 4.90 Å². The summed E-state index contributed by atoms with van der Waals surface area (Å²) in [5.74, 6) is -1.49. The second-order valence-corrected chi connectivity index (χ2v) is 10.4. The molecule has 2 aliphatic rings. The van der Waals surface area contributed by atoms with Crippen molar-refractivity contribution >= 4 is 39.2 Å².